The summed E-state index contributed by atoms with van der Waals surface area (Å²) >= 11 is 0. The summed E-state index contributed by atoms with van der Waals surface area (Å²) in [5.41, 5.74) is 1.64. The van der Waals surface area contributed by atoms with Crippen LogP contribution in [0.2, 0.25) is 0 Å². The minimum atomic E-state index is -0.393. The Labute approximate surface area is 180 Å². The molecule has 3 aliphatic rings. The van der Waals surface area contributed by atoms with Gasteiger partial charge in [0.05, 0.1) is 22.7 Å². The van der Waals surface area contributed by atoms with Crippen molar-refractivity contribution in [3.63, 3.8) is 0 Å². The highest BCUT2D eigenvalue weighted by Gasteiger charge is 2.39. The van der Waals surface area contributed by atoms with Crippen LogP contribution in [0, 0.1) is 5.92 Å². The van der Waals surface area contributed by atoms with Crippen molar-refractivity contribution in [1.82, 2.24) is 4.90 Å². The molecular weight excluding hydrogens is 394 g/mol. The van der Waals surface area contributed by atoms with Gasteiger partial charge in [-0.05, 0) is 43.2 Å². The molecule has 1 N–H and O–H groups in total. The molecule has 2 aromatic carbocycles. The van der Waals surface area contributed by atoms with Crippen LogP contribution in [0.4, 0.5) is 11.4 Å². The average molecular weight is 417 g/mol. The van der Waals surface area contributed by atoms with Crippen molar-refractivity contribution in [2.45, 2.75) is 38.1 Å². The van der Waals surface area contributed by atoms with E-state index in [1.165, 1.54) is 0 Å². The summed E-state index contributed by atoms with van der Waals surface area (Å²) in [5, 5.41) is 2.86. The van der Waals surface area contributed by atoms with Crippen LogP contribution in [0.25, 0.3) is 0 Å². The van der Waals surface area contributed by atoms with E-state index in [9.17, 15) is 19.2 Å². The van der Waals surface area contributed by atoms with Crippen LogP contribution in [0.15, 0.2) is 48.5 Å². The van der Waals surface area contributed by atoms with E-state index in [2.05, 4.69) is 5.32 Å². The van der Waals surface area contributed by atoms with E-state index in [1.807, 2.05) is 4.90 Å². The number of anilines is 2. The number of benzene rings is 2. The van der Waals surface area contributed by atoms with E-state index in [0.717, 1.165) is 30.6 Å². The summed E-state index contributed by atoms with van der Waals surface area (Å²) in [6.07, 6.45) is 4.52. The van der Waals surface area contributed by atoms with E-state index in [-0.39, 0.29) is 36.1 Å². The molecule has 158 valence electrons. The summed E-state index contributed by atoms with van der Waals surface area (Å²) in [5.74, 6) is -1.31. The normalized spacial score (nSPS) is 21.2. The first-order valence-corrected chi connectivity index (χ1v) is 10.7. The molecule has 2 aliphatic heterocycles. The van der Waals surface area contributed by atoms with Gasteiger partial charge in [0, 0.05) is 24.7 Å². The van der Waals surface area contributed by atoms with E-state index in [0.29, 0.717) is 29.0 Å². The van der Waals surface area contributed by atoms with E-state index in [4.69, 9.17) is 0 Å². The zero-order valence-electron chi connectivity index (χ0n) is 17.0. The molecule has 5 rings (SSSR count). The molecule has 31 heavy (non-hydrogen) atoms. The monoisotopic (exact) mass is 417 g/mol. The van der Waals surface area contributed by atoms with Gasteiger partial charge < -0.3 is 10.2 Å². The maximum Gasteiger partial charge on any atom is 0.266 e. The maximum absolute atomic E-state index is 12.8. The van der Waals surface area contributed by atoms with Crippen LogP contribution in [-0.2, 0) is 9.59 Å². The second kappa shape index (κ2) is 7.65. The fourth-order valence-electron chi connectivity index (χ4n) is 4.87. The molecule has 0 radical (unpaired) electrons. The van der Waals surface area contributed by atoms with Gasteiger partial charge in [-0.3, -0.25) is 19.2 Å². The minimum Gasteiger partial charge on any atom is -0.339 e. The predicted molar refractivity (Wildman–Crippen MR) is 115 cm³/mol. The Bertz CT molecular complexity index is 1050. The van der Waals surface area contributed by atoms with Crippen molar-refractivity contribution in [2.75, 3.05) is 16.8 Å². The maximum atomic E-state index is 12.8. The Morgan fingerprint density at radius 3 is 2.26 bits per heavy atom. The van der Waals surface area contributed by atoms with Crippen LogP contribution in [-0.4, -0.2) is 41.1 Å². The molecule has 1 saturated carbocycles. The Hall–Kier alpha value is -3.48. The Morgan fingerprint density at radius 2 is 1.58 bits per heavy atom. The molecule has 0 bridgehead atoms. The molecule has 1 saturated heterocycles. The topological polar surface area (TPSA) is 86.8 Å². The molecule has 4 amide bonds. The number of hydrogen-bond acceptors (Lipinski definition) is 4. The molecule has 1 unspecified atom stereocenters. The number of imide groups is 1. The number of carbonyl (C=O) groups is 4. The SMILES string of the molecule is O=C(Nc1cccc(N2C(=O)c3ccccc3C2=O)c1)C1CC(=O)N(C2CCCC2)C1. The first-order valence-electron chi connectivity index (χ1n) is 10.7. The number of nitrogens with zero attached hydrogens (tertiary/aromatic N) is 2. The average Bonchev–Trinajstić information content (AvgIpc) is 3.48. The van der Waals surface area contributed by atoms with E-state index in [1.54, 1.807) is 48.5 Å². The highest BCUT2D eigenvalue weighted by Crippen LogP contribution is 2.32. The van der Waals surface area contributed by atoms with Gasteiger partial charge in [0.15, 0.2) is 0 Å². The summed E-state index contributed by atoms with van der Waals surface area (Å²) < 4.78 is 0. The lowest BCUT2D eigenvalue weighted by Crippen LogP contribution is -2.35. The Kier molecular flexibility index (Phi) is 4.81. The Balaban J connectivity index is 1.30. The predicted octanol–water partition coefficient (Wildman–Crippen LogP) is 3.22. The molecule has 0 aromatic heterocycles. The Morgan fingerprint density at radius 1 is 0.903 bits per heavy atom. The number of nitrogens with one attached hydrogen (secondary N) is 1. The van der Waals surface area contributed by atoms with Crippen molar-refractivity contribution < 1.29 is 19.2 Å². The van der Waals surface area contributed by atoms with Crippen LogP contribution in [0.3, 0.4) is 0 Å². The molecule has 7 heteroatoms. The zero-order chi connectivity index (χ0) is 21.5. The van der Waals surface area contributed by atoms with Crippen molar-refractivity contribution in [2.24, 2.45) is 5.92 Å². The number of hydrogen-bond donors (Lipinski definition) is 1. The zero-order valence-corrected chi connectivity index (χ0v) is 17.0. The number of rotatable bonds is 4. The summed E-state index contributed by atoms with van der Waals surface area (Å²) in [6, 6.07) is 13.7. The van der Waals surface area contributed by atoms with Gasteiger partial charge in [-0.2, -0.15) is 0 Å². The molecular formula is C24H23N3O4. The molecule has 0 spiro atoms. The smallest absolute Gasteiger partial charge is 0.266 e. The molecule has 1 aliphatic carbocycles. The molecule has 2 aromatic rings. The lowest BCUT2D eigenvalue weighted by atomic mass is 10.1. The lowest BCUT2D eigenvalue weighted by Gasteiger charge is -2.23. The van der Waals surface area contributed by atoms with Gasteiger partial charge in [0.2, 0.25) is 11.8 Å². The third-order valence-corrected chi connectivity index (χ3v) is 6.46. The van der Waals surface area contributed by atoms with E-state index >= 15 is 0 Å². The minimum absolute atomic E-state index is 0.0480. The van der Waals surface area contributed by atoms with Gasteiger partial charge in [-0.15, -0.1) is 0 Å². The van der Waals surface area contributed by atoms with Crippen molar-refractivity contribution in [1.29, 1.82) is 0 Å². The fourth-order valence-corrected chi connectivity index (χ4v) is 4.87. The number of carbonyl (C=O) groups excluding carboxylic acids is 4. The number of fused-ring (bicyclic) bond motifs is 1. The van der Waals surface area contributed by atoms with Gasteiger partial charge >= 0.3 is 0 Å². The van der Waals surface area contributed by atoms with Crippen molar-refractivity contribution >= 4 is 35.0 Å². The third-order valence-electron chi connectivity index (χ3n) is 6.46. The van der Waals surface area contributed by atoms with Gasteiger partial charge in [0.1, 0.15) is 0 Å². The highest BCUT2D eigenvalue weighted by atomic mass is 16.2. The number of likely N-dealkylation sites (tertiary alicyclic amines) is 1. The molecule has 2 fully saturated rings. The number of amides is 4. The highest BCUT2D eigenvalue weighted by molar-refractivity contribution is 6.34. The van der Waals surface area contributed by atoms with Crippen LogP contribution < -0.4 is 10.2 Å². The van der Waals surface area contributed by atoms with Gasteiger partial charge in [-0.1, -0.05) is 31.0 Å². The van der Waals surface area contributed by atoms with Crippen molar-refractivity contribution in [3.05, 3.63) is 59.7 Å². The largest absolute Gasteiger partial charge is 0.339 e. The van der Waals surface area contributed by atoms with Crippen LogP contribution in [0.5, 0.6) is 0 Å². The first kappa shape index (κ1) is 19.5. The summed E-state index contributed by atoms with van der Waals surface area (Å²) in [7, 11) is 0. The molecule has 2 heterocycles. The van der Waals surface area contributed by atoms with Gasteiger partial charge in [-0.25, -0.2) is 4.90 Å². The lowest BCUT2D eigenvalue weighted by molar-refractivity contribution is -0.129. The quantitative estimate of drug-likeness (QED) is 0.774. The standard InChI is InChI=1S/C24H23N3O4/c28-21-12-15(14-26(21)17-7-1-2-8-17)22(29)25-16-6-5-9-18(13-16)27-23(30)19-10-3-4-11-20(19)24(27)31/h3-6,9-11,13,15,17H,1-2,7-8,12,14H2,(H,25,29). The summed E-state index contributed by atoms with van der Waals surface area (Å²) in [6.45, 7) is 0.452. The van der Waals surface area contributed by atoms with Crippen molar-refractivity contribution in [3.8, 4) is 0 Å². The van der Waals surface area contributed by atoms with E-state index < -0.39 is 5.92 Å². The second-order valence-corrected chi connectivity index (χ2v) is 8.42. The fraction of sp³-hybridized carbons (Fsp3) is 0.333. The van der Waals surface area contributed by atoms with Gasteiger partial charge in [0.25, 0.3) is 11.8 Å². The third kappa shape index (κ3) is 3.40. The molecule has 1 atom stereocenters. The first-order chi connectivity index (χ1) is 15.0. The molecule has 7 nitrogen and oxygen atoms in total. The van der Waals surface area contributed by atoms with Crippen LogP contribution >= 0.6 is 0 Å². The van der Waals surface area contributed by atoms with Crippen LogP contribution in [0.1, 0.15) is 52.8 Å². The second-order valence-electron chi connectivity index (χ2n) is 8.42. The summed E-state index contributed by atoms with van der Waals surface area (Å²) in [4.78, 5) is 53.7.